The van der Waals surface area contributed by atoms with Gasteiger partial charge in [-0.2, -0.15) is 0 Å². The Kier molecular flexibility index (Phi) is 2.94. The predicted octanol–water partition coefficient (Wildman–Crippen LogP) is 2.54. The molecule has 3 atom stereocenters. The number of aliphatic hydroxyl groups excluding tert-OH is 1. The van der Waals surface area contributed by atoms with Crippen LogP contribution in [0.4, 0.5) is 0 Å². The van der Waals surface area contributed by atoms with Crippen molar-refractivity contribution in [1.82, 2.24) is 4.90 Å². The smallest absolute Gasteiger partial charge is 0.132 e. The molecular weight excluding hydrogens is 226 g/mol. The highest BCUT2D eigenvalue weighted by molar-refractivity contribution is 5.34. The standard InChI is InChI=1S/C15H17NO2/c1-16-10-13(16)12-6-3-2-5-11(12)9-14(17)15-7-4-8-18-15/h2-8,13-14,17H,9-10H2,1H3/t13-,14-,16?/m0/s1. The van der Waals surface area contributed by atoms with Gasteiger partial charge in [-0.25, -0.2) is 0 Å². The molecule has 18 heavy (non-hydrogen) atoms. The molecule has 94 valence electrons. The quantitative estimate of drug-likeness (QED) is 0.838. The molecule has 0 radical (unpaired) electrons. The Morgan fingerprint density at radius 1 is 1.33 bits per heavy atom. The minimum absolute atomic E-state index is 0.519. The Balaban J connectivity index is 1.80. The van der Waals surface area contributed by atoms with Crippen molar-refractivity contribution in [2.75, 3.05) is 13.6 Å². The summed E-state index contributed by atoms with van der Waals surface area (Å²) in [6, 6.07) is 12.5. The summed E-state index contributed by atoms with van der Waals surface area (Å²) in [6.07, 6.45) is 1.64. The Bertz CT molecular complexity index is 521. The lowest BCUT2D eigenvalue weighted by molar-refractivity contribution is 0.150. The zero-order chi connectivity index (χ0) is 12.5. The molecular formula is C15H17NO2. The molecule has 0 saturated carbocycles. The highest BCUT2D eigenvalue weighted by atomic mass is 16.4. The summed E-state index contributed by atoms with van der Waals surface area (Å²) in [5.41, 5.74) is 2.53. The predicted molar refractivity (Wildman–Crippen MR) is 69.2 cm³/mol. The molecule has 1 saturated heterocycles. The molecule has 2 aromatic rings. The molecule has 1 aliphatic rings. The van der Waals surface area contributed by atoms with Crippen LogP contribution in [0.2, 0.25) is 0 Å². The van der Waals surface area contributed by atoms with Crippen LogP contribution in [-0.2, 0) is 6.42 Å². The summed E-state index contributed by atoms with van der Waals surface area (Å²) in [6.45, 7) is 1.11. The number of aliphatic hydroxyl groups is 1. The van der Waals surface area contributed by atoms with Gasteiger partial charge in [-0.05, 0) is 30.3 Å². The van der Waals surface area contributed by atoms with Crippen LogP contribution in [0, 0.1) is 0 Å². The van der Waals surface area contributed by atoms with Crippen molar-refractivity contribution in [3.05, 3.63) is 59.5 Å². The second kappa shape index (κ2) is 4.59. The van der Waals surface area contributed by atoms with Gasteiger partial charge in [0.2, 0.25) is 0 Å². The van der Waals surface area contributed by atoms with Gasteiger partial charge < -0.3 is 9.52 Å². The van der Waals surface area contributed by atoms with Crippen molar-refractivity contribution in [3.8, 4) is 0 Å². The second-order valence-electron chi connectivity index (χ2n) is 4.89. The van der Waals surface area contributed by atoms with Gasteiger partial charge in [0.15, 0.2) is 0 Å². The van der Waals surface area contributed by atoms with Crippen LogP contribution in [0.25, 0.3) is 0 Å². The summed E-state index contributed by atoms with van der Waals surface area (Å²) >= 11 is 0. The van der Waals surface area contributed by atoms with E-state index < -0.39 is 6.10 Å². The highest BCUT2D eigenvalue weighted by Gasteiger charge is 2.33. The molecule has 1 fully saturated rings. The first kappa shape index (κ1) is 11.5. The van der Waals surface area contributed by atoms with E-state index >= 15 is 0 Å². The lowest BCUT2D eigenvalue weighted by Crippen LogP contribution is -2.04. The Hall–Kier alpha value is -1.58. The molecule has 0 aliphatic carbocycles. The maximum absolute atomic E-state index is 10.1. The van der Waals surface area contributed by atoms with Crippen LogP contribution < -0.4 is 0 Å². The van der Waals surface area contributed by atoms with Gasteiger partial charge in [0.1, 0.15) is 11.9 Å². The van der Waals surface area contributed by atoms with E-state index in [1.54, 1.807) is 12.3 Å². The van der Waals surface area contributed by atoms with Crippen LogP contribution >= 0.6 is 0 Å². The summed E-state index contributed by atoms with van der Waals surface area (Å²) < 4.78 is 5.24. The molecule has 1 unspecified atom stereocenters. The van der Waals surface area contributed by atoms with Crippen LogP contribution in [-0.4, -0.2) is 23.6 Å². The molecule has 3 nitrogen and oxygen atoms in total. The van der Waals surface area contributed by atoms with Gasteiger partial charge in [0.25, 0.3) is 0 Å². The molecule has 0 spiro atoms. The van der Waals surface area contributed by atoms with Gasteiger partial charge in [0, 0.05) is 19.0 Å². The molecule has 1 N–H and O–H groups in total. The van der Waals surface area contributed by atoms with Crippen LogP contribution in [0.5, 0.6) is 0 Å². The van der Waals surface area contributed by atoms with Crippen molar-refractivity contribution in [3.63, 3.8) is 0 Å². The molecule has 3 heteroatoms. The monoisotopic (exact) mass is 243 g/mol. The van der Waals surface area contributed by atoms with E-state index in [1.807, 2.05) is 12.1 Å². The number of furan rings is 1. The van der Waals surface area contributed by atoms with Crippen LogP contribution in [0.3, 0.4) is 0 Å². The third-order valence-electron chi connectivity index (χ3n) is 3.56. The van der Waals surface area contributed by atoms with Gasteiger partial charge in [-0.15, -0.1) is 0 Å². The zero-order valence-corrected chi connectivity index (χ0v) is 10.4. The SMILES string of the molecule is CN1C[C@H]1c1ccccc1C[C@H](O)c1ccco1. The average molecular weight is 243 g/mol. The first-order valence-electron chi connectivity index (χ1n) is 6.25. The van der Waals surface area contributed by atoms with E-state index in [9.17, 15) is 5.11 Å². The highest BCUT2D eigenvalue weighted by Crippen LogP contribution is 2.35. The molecule has 0 bridgehead atoms. The minimum atomic E-state index is -0.565. The normalized spacial score (nSPS) is 23.9. The van der Waals surface area contributed by atoms with E-state index in [1.165, 1.54) is 11.1 Å². The lowest BCUT2D eigenvalue weighted by Gasteiger charge is -2.12. The first-order valence-corrected chi connectivity index (χ1v) is 6.25. The summed E-state index contributed by atoms with van der Waals surface area (Å²) in [5, 5.41) is 10.1. The number of hydrogen-bond donors (Lipinski definition) is 1. The van der Waals surface area contributed by atoms with Crippen molar-refractivity contribution >= 4 is 0 Å². The number of nitrogens with zero attached hydrogens (tertiary/aromatic N) is 1. The number of benzene rings is 1. The molecule has 1 aliphatic heterocycles. The molecule has 2 heterocycles. The Morgan fingerprint density at radius 2 is 2.11 bits per heavy atom. The number of hydrogen-bond acceptors (Lipinski definition) is 3. The number of rotatable bonds is 4. The van der Waals surface area contributed by atoms with Crippen LogP contribution in [0.1, 0.15) is 29.0 Å². The largest absolute Gasteiger partial charge is 0.467 e. The third kappa shape index (κ3) is 2.19. The fourth-order valence-electron chi connectivity index (χ4n) is 2.40. The van der Waals surface area contributed by atoms with Crippen LogP contribution in [0.15, 0.2) is 47.1 Å². The molecule has 0 amide bonds. The van der Waals surface area contributed by atoms with Crippen molar-refractivity contribution < 1.29 is 9.52 Å². The van der Waals surface area contributed by atoms with E-state index in [-0.39, 0.29) is 0 Å². The fraction of sp³-hybridized carbons (Fsp3) is 0.333. The van der Waals surface area contributed by atoms with Crippen molar-refractivity contribution in [1.29, 1.82) is 0 Å². The van der Waals surface area contributed by atoms with E-state index in [0.717, 1.165) is 6.54 Å². The molecule has 1 aromatic carbocycles. The Morgan fingerprint density at radius 3 is 2.78 bits per heavy atom. The molecule has 3 rings (SSSR count). The first-order chi connectivity index (χ1) is 8.75. The Labute approximate surface area is 107 Å². The van der Waals surface area contributed by atoms with E-state index in [0.29, 0.717) is 18.2 Å². The summed E-state index contributed by atoms with van der Waals surface area (Å²) in [4.78, 5) is 2.29. The summed E-state index contributed by atoms with van der Waals surface area (Å²) in [5.74, 6) is 0.633. The third-order valence-corrected chi connectivity index (χ3v) is 3.56. The minimum Gasteiger partial charge on any atom is -0.467 e. The fourth-order valence-corrected chi connectivity index (χ4v) is 2.40. The van der Waals surface area contributed by atoms with Crippen molar-refractivity contribution in [2.45, 2.75) is 18.6 Å². The van der Waals surface area contributed by atoms with Crippen molar-refractivity contribution in [2.24, 2.45) is 0 Å². The maximum Gasteiger partial charge on any atom is 0.132 e. The lowest BCUT2D eigenvalue weighted by atomic mass is 9.98. The summed E-state index contributed by atoms with van der Waals surface area (Å²) in [7, 11) is 2.12. The van der Waals surface area contributed by atoms with E-state index in [4.69, 9.17) is 4.42 Å². The average Bonchev–Trinajstić information content (AvgIpc) is 2.90. The van der Waals surface area contributed by atoms with Gasteiger partial charge in [-0.3, -0.25) is 4.90 Å². The van der Waals surface area contributed by atoms with E-state index in [2.05, 4.69) is 30.1 Å². The van der Waals surface area contributed by atoms with Gasteiger partial charge >= 0.3 is 0 Å². The maximum atomic E-state index is 10.1. The zero-order valence-electron chi connectivity index (χ0n) is 10.4. The number of likely N-dealkylation sites (N-methyl/N-ethyl adjacent to an activating group) is 1. The molecule has 1 aromatic heterocycles. The van der Waals surface area contributed by atoms with Gasteiger partial charge in [-0.1, -0.05) is 24.3 Å². The topological polar surface area (TPSA) is 36.4 Å². The second-order valence-corrected chi connectivity index (χ2v) is 4.89. The van der Waals surface area contributed by atoms with Gasteiger partial charge in [0.05, 0.1) is 6.26 Å².